The molecule has 0 aliphatic carbocycles. The highest BCUT2D eigenvalue weighted by atomic mass is 16.6. The van der Waals surface area contributed by atoms with Crippen LogP contribution in [0.1, 0.15) is 33.6 Å². The van der Waals surface area contributed by atoms with Crippen molar-refractivity contribution in [1.29, 1.82) is 0 Å². The summed E-state index contributed by atoms with van der Waals surface area (Å²) >= 11 is 0. The van der Waals surface area contributed by atoms with Gasteiger partial charge in [-0.25, -0.2) is 9.59 Å². The van der Waals surface area contributed by atoms with Gasteiger partial charge in [0.15, 0.2) is 0 Å². The van der Waals surface area contributed by atoms with Crippen molar-refractivity contribution in [3.05, 3.63) is 0 Å². The molecule has 2 amide bonds. The highest BCUT2D eigenvalue weighted by molar-refractivity contribution is 5.82. The van der Waals surface area contributed by atoms with Gasteiger partial charge in [-0.2, -0.15) is 0 Å². The zero-order chi connectivity index (χ0) is 22.8. The number of esters is 1. The molecule has 0 saturated carbocycles. The number of terminal acetylenes is 1. The fourth-order valence-electron chi connectivity index (χ4n) is 2.04. The lowest BCUT2D eigenvalue weighted by molar-refractivity contribution is -0.143. The summed E-state index contributed by atoms with van der Waals surface area (Å²) in [5.74, 6) is 1.43. The Hall–Kier alpha value is -2.35. The summed E-state index contributed by atoms with van der Waals surface area (Å²) in [7, 11) is 1.21. The van der Waals surface area contributed by atoms with Crippen molar-refractivity contribution in [3.63, 3.8) is 0 Å². The first-order valence-corrected chi connectivity index (χ1v) is 9.70. The molecule has 0 unspecified atom stereocenters. The van der Waals surface area contributed by atoms with E-state index in [0.29, 0.717) is 39.6 Å². The zero-order valence-corrected chi connectivity index (χ0v) is 18.3. The molecule has 10 heteroatoms. The van der Waals surface area contributed by atoms with Crippen LogP contribution in [0, 0.1) is 12.3 Å². The van der Waals surface area contributed by atoms with Crippen LogP contribution in [0.2, 0.25) is 0 Å². The summed E-state index contributed by atoms with van der Waals surface area (Å²) in [5.41, 5.74) is -0.705. The quantitative estimate of drug-likeness (QED) is 0.220. The monoisotopic (exact) mass is 430 g/mol. The molecule has 0 aliphatic rings. The van der Waals surface area contributed by atoms with E-state index >= 15 is 0 Å². The Kier molecular flexibility index (Phi) is 15.2. The lowest BCUT2D eigenvalue weighted by Crippen LogP contribution is -2.44. The van der Waals surface area contributed by atoms with E-state index in [1.54, 1.807) is 20.8 Å². The van der Waals surface area contributed by atoms with E-state index < -0.39 is 23.7 Å². The number of carbonyl (C=O) groups is 3. The molecule has 0 radical (unpaired) electrons. The second-order valence-corrected chi connectivity index (χ2v) is 7.09. The Labute approximate surface area is 178 Å². The average molecular weight is 430 g/mol. The van der Waals surface area contributed by atoms with Crippen LogP contribution in [-0.4, -0.2) is 82.9 Å². The largest absolute Gasteiger partial charge is 0.467 e. The normalized spacial score (nSPS) is 11.8. The number of hydrogen-bond acceptors (Lipinski definition) is 8. The van der Waals surface area contributed by atoms with Gasteiger partial charge in [0.05, 0.1) is 40.1 Å². The smallest absolute Gasteiger partial charge is 0.408 e. The fraction of sp³-hybridized carbons (Fsp3) is 0.750. The predicted octanol–water partition coefficient (Wildman–Crippen LogP) is 0.632. The van der Waals surface area contributed by atoms with E-state index in [9.17, 15) is 14.4 Å². The van der Waals surface area contributed by atoms with Gasteiger partial charge in [0.1, 0.15) is 18.2 Å². The number of alkyl carbamates (subject to hydrolysis) is 1. The van der Waals surface area contributed by atoms with Crippen LogP contribution < -0.4 is 10.6 Å². The van der Waals surface area contributed by atoms with E-state index in [0.717, 1.165) is 0 Å². The van der Waals surface area contributed by atoms with E-state index in [2.05, 4.69) is 21.3 Å². The molecule has 10 nitrogen and oxygen atoms in total. The van der Waals surface area contributed by atoms with Crippen molar-refractivity contribution >= 4 is 18.0 Å². The van der Waals surface area contributed by atoms with Crippen LogP contribution in [0.15, 0.2) is 0 Å². The van der Waals surface area contributed by atoms with Gasteiger partial charge < -0.3 is 34.3 Å². The fourth-order valence-corrected chi connectivity index (χ4v) is 2.04. The van der Waals surface area contributed by atoms with Crippen molar-refractivity contribution in [3.8, 4) is 12.3 Å². The highest BCUT2D eigenvalue weighted by Crippen LogP contribution is 2.08. The van der Waals surface area contributed by atoms with Crippen LogP contribution in [0.3, 0.4) is 0 Å². The van der Waals surface area contributed by atoms with E-state index in [1.807, 2.05) is 0 Å². The minimum absolute atomic E-state index is 0.0241. The van der Waals surface area contributed by atoms with Gasteiger partial charge in [0.2, 0.25) is 5.91 Å². The molecule has 0 aromatic rings. The SMILES string of the molecule is C#CCOCCOCCOCCNC(=O)CC[C@H](NC(=O)OC(C)(C)C)C(=O)OC. The third-order valence-electron chi connectivity index (χ3n) is 3.33. The average Bonchev–Trinajstić information content (AvgIpc) is 2.67. The molecule has 0 saturated heterocycles. The van der Waals surface area contributed by atoms with Crippen molar-refractivity contribution in [2.24, 2.45) is 0 Å². The summed E-state index contributed by atoms with van der Waals surface area (Å²) in [4.78, 5) is 35.6. The Bertz CT molecular complexity index is 554. The van der Waals surface area contributed by atoms with Gasteiger partial charge in [0.25, 0.3) is 0 Å². The van der Waals surface area contributed by atoms with Gasteiger partial charge in [-0.3, -0.25) is 4.79 Å². The molecule has 0 aromatic heterocycles. The molecular formula is C20H34N2O8. The molecule has 1 atom stereocenters. The third kappa shape index (κ3) is 16.6. The lowest BCUT2D eigenvalue weighted by Gasteiger charge is -2.22. The third-order valence-corrected chi connectivity index (χ3v) is 3.33. The molecule has 172 valence electrons. The van der Waals surface area contributed by atoms with Crippen LogP contribution in [0.4, 0.5) is 4.79 Å². The second kappa shape index (κ2) is 16.4. The zero-order valence-electron chi connectivity index (χ0n) is 18.3. The summed E-state index contributed by atoms with van der Waals surface area (Å²) in [6.07, 6.45) is 4.39. The number of nitrogens with one attached hydrogen (secondary N) is 2. The van der Waals surface area contributed by atoms with Crippen molar-refractivity contribution < 1.29 is 38.1 Å². The predicted molar refractivity (Wildman–Crippen MR) is 109 cm³/mol. The van der Waals surface area contributed by atoms with Gasteiger partial charge in [0, 0.05) is 13.0 Å². The molecule has 0 fully saturated rings. The Morgan fingerprint density at radius 1 is 1.00 bits per heavy atom. The van der Waals surface area contributed by atoms with Crippen molar-refractivity contribution in [1.82, 2.24) is 10.6 Å². The summed E-state index contributed by atoms with van der Waals surface area (Å²) in [5, 5.41) is 5.09. The van der Waals surface area contributed by atoms with E-state index in [-0.39, 0.29) is 25.4 Å². The maximum absolute atomic E-state index is 11.9. The van der Waals surface area contributed by atoms with E-state index in [4.69, 9.17) is 25.4 Å². The van der Waals surface area contributed by atoms with Crippen LogP contribution in [-0.2, 0) is 33.3 Å². The van der Waals surface area contributed by atoms with Gasteiger partial charge in [-0.15, -0.1) is 6.42 Å². The van der Waals surface area contributed by atoms with Crippen LogP contribution in [0.5, 0.6) is 0 Å². The first kappa shape index (κ1) is 27.6. The van der Waals surface area contributed by atoms with Gasteiger partial charge >= 0.3 is 12.1 Å². The summed E-state index contributed by atoms with van der Waals surface area (Å²) in [6, 6.07) is -0.978. The summed E-state index contributed by atoms with van der Waals surface area (Å²) in [6.45, 7) is 7.66. The maximum atomic E-state index is 11.9. The molecule has 2 N–H and O–H groups in total. The standard InChI is InChI=1S/C20H34N2O8/c1-6-10-27-12-14-29-15-13-28-11-9-21-17(23)8-7-16(18(24)26-5)22-19(25)30-20(2,3)4/h1,16H,7-15H2,2-5H3,(H,21,23)(H,22,25)/t16-/m0/s1. The number of ether oxygens (including phenoxy) is 5. The summed E-state index contributed by atoms with van der Waals surface area (Å²) < 4.78 is 25.4. The maximum Gasteiger partial charge on any atom is 0.408 e. The van der Waals surface area contributed by atoms with Gasteiger partial charge in [-0.1, -0.05) is 5.92 Å². The molecule has 0 spiro atoms. The minimum Gasteiger partial charge on any atom is -0.467 e. The number of methoxy groups -OCH3 is 1. The molecule has 0 bridgehead atoms. The number of hydrogen-bond donors (Lipinski definition) is 2. The molecular weight excluding hydrogens is 396 g/mol. The number of carbonyl (C=O) groups excluding carboxylic acids is 3. The number of amides is 2. The van der Waals surface area contributed by atoms with Crippen LogP contribution >= 0.6 is 0 Å². The van der Waals surface area contributed by atoms with Crippen LogP contribution in [0.25, 0.3) is 0 Å². The molecule has 0 aromatic carbocycles. The Morgan fingerprint density at radius 2 is 1.60 bits per heavy atom. The molecule has 0 aliphatic heterocycles. The molecule has 30 heavy (non-hydrogen) atoms. The topological polar surface area (TPSA) is 121 Å². The molecule has 0 rings (SSSR count). The number of rotatable bonds is 15. The lowest BCUT2D eigenvalue weighted by atomic mass is 10.1. The second-order valence-electron chi connectivity index (χ2n) is 7.09. The van der Waals surface area contributed by atoms with Crippen molar-refractivity contribution in [2.45, 2.75) is 45.3 Å². The first-order valence-electron chi connectivity index (χ1n) is 9.70. The van der Waals surface area contributed by atoms with Gasteiger partial charge in [-0.05, 0) is 27.2 Å². The molecule has 0 heterocycles. The van der Waals surface area contributed by atoms with Crippen molar-refractivity contribution in [2.75, 3.05) is 53.3 Å². The highest BCUT2D eigenvalue weighted by Gasteiger charge is 2.25. The first-order chi connectivity index (χ1) is 14.2. The Balaban J connectivity index is 3.93. The van der Waals surface area contributed by atoms with E-state index in [1.165, 1.54) is 7.11 Å². The minimum atomic E-state index is -0.978. The Morgan fingerprint density at radius 3 is 2.17 bits per heavy atom.